The summed E-state index contributed by atoms with van der Waals surface area (Å²) in [6, 6.07) is 3.20. The number of pyridine rings is 1. The van der Waals surface area contributed by atoms with Crippen LogP contribution in [0.4, 0.5) is 6.01 Å². The van der Waals surface area contributed by atoms with Gasteiger partial charge in [-0.05, 0) is 22.4 Å². The highest BCUT2D eigenvalue weighted by molar-refractivity contribution is 9.10. The highest BCUT2D eigenvalue weighted by Gasteiger charge is 2.34. The number of nitrogens with zero attached hydrogens (tertiary/aromatic N) is 4. The Kier molecular flexibility index (Phi) is 4.79. The van der Waals surface area contributed by atoms with Crippen molar-refractivity contribution in [3.8, 4) is 0 Å². The second-order valence-corrected chi connectivity index (χ2v) is 5.82. The van der Waals surface area contributed by atoms with Crippen LogP contribution >= 0.6 is 40.7 Å². The van der Waals surface area contributed by atoms with Crippen molar-refractivity contribution in [2.75, 3.05) is 31.1 Å². The Hall–Kier alpha value is -0.560. The summed E-state index contributed by atoms with van der Waals surface area (Å²) in [6.45, 7) is 4.44. The Morgan fingerprint density at radius 3 is 2.95 bits per heavy atom. The molecule has 2 bridgehead atoms. The van der Waals surface area contributed by atoms with Gasteiger partial charge in [-0.1, -0.05) is 0 Å². The van der Waals surface area contributed by atoms with Crippen molar-refractivity contribution < 1.29 is 4.42 Å². The largest absolute Gasteiger partial charge is 0.422 e. The van der Waals surface area contributed by atoms with E-state index >= 15 is 0 Å². The topological polar surface area (TPSA) is 45.4 Å². The normalized spacial score (nSPS) is 24.4. The number of piperazine rings is 1. The van der Waals surface area contributed by atoms with Crippen LogP contribution in [-0.4, -0.2) is 47.1 Å². The minimum Gasteiger partial charge on any atom is -0.422 e. The minimum atomic E-state index is 0. The van der Waals surface area contributed by atoms with E-state index in [2.05, 4.69) is 35.7 Å². The first kappa shape index (κ1) is 15.8. The summed E-state index contributed by atoms with van der Waals surface area (Å²) >= 11 is 3.40. The summed E-state index contributed by atoms with van der Waals surface area (Å²) in [5.74, 6) is 0. The fourth-order valence-corrected chi connectivity index (χ4v) is 3.17. The molecule has 0 N–H and O–H groups in total. The molecule has 20 heavy (non-hydrogen) atoms. The molecule has 8 heteroatoms. The van der Waals surface area contributed by atoms with E-state index in [1.807, 2.05) is 6.07 Å². The number of halogens is 3. The minimum absolute atomic E-state index is 0. The predicted octanol–water partition coefficient (Wildman–Crippen LogP) is 2.72. The van der Waals surface area contributed by atoms with Gasteiger partial charge in [-0.15, -0.1) is 24.8 Å². The first-order chi connectivity index (χ1) is 8.79. The average molecular weight is 382 g/mol. The lowest BCUT2D eigenvalue weighted by molar-refractivity contribution is 0.304. The summed E-state index contributed by atoms with van der Waals surface area (Å²) < 4.78 is 6.76. The van der Waals surface area contributed by atoms with Crippen molar-refractivity contribution >= 4 is 58.0 Å². The van der Waals surface area contributed by atoms with Crippen LogP contribution in [0.2, 0.25) is 0 Å². The van der Waals surface area contributed by atoms with Gasteiger partial charge in [0.05, 0.1) is 0 Å². The van der Waals surface area contributed by atoms with Gasteiger partial charge in [-0.3, -0.25) is 4.90 Å². The Balaban J connectivity index is 0.000000735. The standard InChI is InChI=1S/C12H13BrN4O.2ClH/c13-8-5-10-11(14-6-8)15-12(18-10)17-4-3-16-2-1-9(17)7-16;;/h5-6,9H,1-4,7H2;2*1H. The van der Waals surface area contributed by atoms with Gasteiger partial charge in [-0.25, -0.2) is 4.98 Å². The SMILES string of the molecule is Brc1cnc2nc(N3CCN4CCC3C4)oc2c1.Cl.Cl. The predicted molar refractivity (Wildman–Crippen MR) is 86.2 cm³/mol. The lowest BCUT2D eigenvalue weighted by atomic mass is 10.2. The van der Waals surface area contributed by atoms with Crippen molar-refractivity contribution in [3.05, 3.63) is 16.7 Å². The van der Waals surface area contributed by atoms with E-state index in [4.69, 9.17) is 4.42 Å². The van der Waals surface area contributed by atoms with Crippen LogP contribution in [0, 0.1) is 0 Å². The van der Waals surface area contributed by atoms with Crippen molar-refractivity contribution in [2.24, 2.45) is 0 Å². The summed E-state index contributed by atoms with van der Waals surface area (Å²) in [5.41, 5.74) is 1.44. The Morgan fingerprint density at radius 2 is 2.10 bits per heavy atom. The number of hydrogen-bond acceptors (Lipinski definition) is 5. The van der Waals surface area contributed by atoms with E-state index in [1.165, 1.54) is 13.0 Å². The maximum Gasteiger partial charge on any atom is 0.300 e. The number of oxazole rings is 1. The summed E-state index contributed by atoms with van der Waals surface area (Å²) in [4.78, 5) is 13.6. The molecule has 4 rings (SSSR count). The molecule has 0 radical (unpaired) electrons. The Morgan fingerprint density at radius 1 is 1.25 bits per heavy atom. The maximum atomic E-state index is 5.84. The third-order valence-corrected chi connectivity index (χ3v) is 4.23. The molecule has 0 spiro atoms. The molecule has 2 aliphatic heterocycles. The molecule has 2 aliphatic rings. The van der Waals surface area contributed by atoms with E-state index in [-0.39, 0.29) is 24.8 Å². The smallest absolute Gasteiger partial charge is 0.300 e. The Labute approximate surface area is 137 Å². The number of rotatable bonds is 1. The molecule has 2 fully saturated rings. The van der Waals surface area contributed by atoms with Crippen LogP contribution in [0.3, 0.4) is 0 Å². The van der Waals surface area contributed by atoms with E-state index < -0.39 is 0 Å². The molecule has 0 saturated carbocycles. The van der Waals surface area contributed by atoms with Gasteiger partial charge in [0.15, 0.2) is 5.58 Å². The van der Waals surface area contributed by atoms with E-state index in [9.17, 15) is 0 Å². The van der Waals surface area contributed by atoms with Gasteiger partial charge >= 0.3 is 0 Å². The fraction of sp³-hybridized carbons (Fsp3) is 0.500. The van der Waals surface area contributed by atoms with Gasteiger partial charge in [0.25, 0.3) is 6.01 Å². The molecule has 0 aromatic carbocycles. The average Bonchev–Trinajstić information content (AvgIpc) is 2.94. The van der Waals surface area contributed by atoms with Gasteiger partial charge < -0.3 is 9.32 Å². The van der Waals surface area contributed by atoms with Crippen molar-refractivity contribution in [1.82, 2.24) is 14.9 Å². The molecule has 2 saturated heterocycles. The number of anilines is 1. The molecule has 110 valence electrons. The van der Waals surface area contributed by atoms with Crippen LogP contribution < -0.4 is 4.90 Å². The second kappa shape index (κ2) is 6.05. The van der Waals surface area contributed by atoms with Crippen molar-refractivity contribution in [2.45, 2.75) is 12.5 Å². The summed E-state index contributed by atoms with van der Waals surface area (Å²) in [5, 5.41) is 0. The summed E-state index contributed by atoms with van der Waals surface area (Å²) in [7, 11) is 0. The summed E-state index contributed by atoms with van der Waals surface area (Å²) in [6.07, 6.45) is 2.96. The lowest BCUT2D eigenvalue weighted by Crippen LogP contribution is -2.46. The number of fused-ring (bicyclic) bond motifs is 3. The van der Waals surface area contributed by atoms with Gasteiger partial charge in [-0.2, -0.15) is 4.98 Å². The molecular weight excluding hydrogens is 367 g/mol. The van der Waals surface area contributed by atoms with Crippen LogP contribution in [0.1, 0.15) is 6.42 Å². The van der Waals surface area contributed by atoms with Crippen molar-refractivity contribution in [1.29, 1.82) is 0 Å². The first-order valence-electron chi connectivity index (χ1n) is 6.21. The van der Waals surface area contributed by atoms with Gasteiger partial charge in [0, 0.05) is 49.0 Å². The van der Waals surface area contributed by atoms with Crippen LogP contribution in [0.15, 0.2) is 21.2 Å². The number of hydrogen-bond donors (Lipinski definition) is 0. The zero-order valence-corrected chi connectivity index (χ0v) is 13.9. The van der Waals surface area contributed by atoms with Crippen LogP contribution in [0.25, 0.3) is 11.2 Å². The molecule has 2 atom stereocenters. The molecule has 0 amide bonds. The van der Waals surface area contributed by atoms with Crippen molar-refractivity contribution in [3.63, 3.8) is 0 Å². The number of aromatic nitrogens is 2. The quantitative estimate of drug-likeness (QED) is 0.759. The zero-order valence-electron chi connectivity index (χ0n) is 10.7. The third kappa shape index (κ3) is 2.62. The highest BCUT2D eigenvalue weighted by atomic mass is 79.9. The monoisotopic (exact) mass is 380 g/mol. The molecule has 0 aliphatic carbocycles. The molecule has 2 aromatic heterocycles. The molecular formula is C12H15BrCl2N4O. The zero-order chi connectivity index (χ0) is 12.1. The van der Waals surface area contributed by atoms with Crippen LogP contribution in [0.5, 0.6) is 0 Å². The van der Waals surface area contributed by atoms with E-state index in [0.717, 1.165) is 35.7 Å². The molecule has 2 unspecified atom stereocenters. The first-order valence-corrected chi connectivity index (χ1v) is 7.00. The van der Waals surface area contributed by atoms with E-state index in [0.29, 0.717) is 11.7 Å². The van der Waals surface area contributed by atoms with E-state index in [1.54, 1.807) is 6.20 Å². The molecule has 2 aromatic rings. The van der Waals surface area contributed by atoms with Crippen LogP contribution in [-0.2, 0) is 0 Å². The maximum absolute atomic E-state index is 5.84. The lowest BCUT2D eigenvalue weighted by Gasteiger charge is -2.32. The van der Waals surface area contributed by atoms with Gasteiger partial charge in [0.2, 0.25) is 5.65 Å². The Bertz CT molecular complexity index is 608. The molecule has 5 nitrogen and oxygen atoms in total. The van der Waals surface area contributed by atoms with Gasteiger partial charge in [0.1, 0.15) is 0 Å². The third-order valence-electron chi connectivity index (χ3n) is 3.79. The second-order valence-electron chi connectivity index (χ2n) is 4.91. The highest BCUT2D eigenvalue weighted by Crippen LogP contribution is 2.29. The molecule has 4 heterocycles. The fourth-order valence-electron chi connectivity index (χ4n) is 2.86.